The summed E-state index contributed by atoms with van der Waals surface area (Å²) in [4.78, 5) is 35.5. The molecule has 3 aromatic rings. The van der Waals surface area contributed by atoms with Crippen LogP contribution in [-0.2, 0) is 26.0 Å². The second-order valence-electron chi connectivity index (χ2n) is 8.73. The van der Waals surface area contributed by atoms with E-state index in [0.717, 1.165) is 18.2 Å². The summed E-state index contributed by atoms with van der Waals surface area (Å²) >= 11 is 0. The zero-order chi connectivity index (χ0) is 27.9. The van der Waals surface area contributed by atoms with Gasteiger partial charge in [0.25, 0.3) is 0 Å². The fourth-order valence-electron chi connectivity index (χ4n) is 3.68. The van der Waals surface area contributed by atoms with Gasteiger partial charge in [0.2, 0.25) is 10.0 Å². The first-order valence-electron chi connectivity index (χ1n) is 11.7. The van der Waals surface area contributed by atoms with Crippen LogP contribution in [0.1, 0.15) is 29.8 Å². The number of amides is 2. The fourth-order valence-corrected chi connectivity index (χ4v) is 5.07. The zero-order valence-electron chi connectivity index (χ0n) is 21.1. The van der Waals surface area contributed by atoms with Crippen LogP contribution in [0.4, 0.5) is 10.5 Å². The number of carboxylic acid groups (broad SMARTS) is 1. The molecule has 3 rings (SSSR count). The maximum atomic E-state index is 13.0. The number of hydrogen-bond donors (Lipinski definition) is 4. The molecule has 1 unspecified atom stereocenters. The molecule has 10 nitrogen and oxygen atoms in total. The van der Waals surface area contributed by atoms with Gasteiger partial charge in [-0.2, -0.15) is 4.72 Å². The number of nitrogens with one attached hydrogen (secondary N) is 3. The summed E-state index contributed by atoms with van der Waals surface area (Å²) in [6.45, 7) is 3.72. The molecular weight excluding hydrogens is 510 g/mol. The summed E-state index contributed by atoms with van der Waals surface area (Å²) in [6.07, 6.45) is -0.133. The molecule has 0 aliphatic carbocycles. The van der Waals surface area contributed by atoms with Crippen LogP contribution < -0.4 is 15.4 Å². The van der Waals surface area contributed by atoms with E-state index in [4.69, 9.17) is 0 Å². The third kappa shape index (κ3) is 7.40. The van der Waals surface area contributed by atoms with Crippen molar-refractivity contribution >= 4 is 33.7 Å². The second-order valence-corrected chi connectivity index (χ2v) is 10.4. The Labute approximate surface area is 221 Å². The predicted octanol–water partition coefficient (Wildman–Crippen LogP) is 3.64. The summed E-state index contributed by atoms with van der Waals surface area (Å²) in [6, 6.07) is 17.8. The molecule has 2 amide bonds. The zero-order valence-corrected chi connectivity index (χ0v) is 21.9. The lowest BCUT2D eigenvalue weighted by Gasteiger charge is -2.16. The number of hydrogen-bond acceptors (Lipinski definition) is 6. The molecule has 1 atom stereocenters. The molecule has 38 heavy (non-hydrogen) atoms. The van der Waals surface area contributed by atoms with Crippen molar-refractivity contribution in [1.29, 1.82) is 0 Å². The SMILES string of the molecule is COC(=O)c1ccccc1S(=O)(=O)NC(Cc1ccc(-c2cccc(NC(=O)NC(C)C)c2)cc1)C(=O)O. The smallest absolute Gasteiger partial charge is 0.339 e. The minimum absolute atomic E-state index is 0.00701. The summed E-state index contributed by atoms with van der Waals surface area (Å²) in [5.74, 6) is -2.22. The van der Waals surface area contributed by atoms with Gasteiger partial charge in [0.05, 0.1) is 17.6 Å². The molecule has 0 heterocycles. The Morgan fingerprint density at radius 3 is 2.24 bits per heavy atom. The highest BCUT2D eigenvalue weighted by Crippen LogP contribution is 2.24. The Morgan fingerprint density at radius 2 is 1.61 bits per heavy atom. The lowest BCUT2D eigenvalue weighted by atomic mass is 10.0. The molecule has 200 valence electrons. The summed E-state index contributed by atoms with van der Waals surface area (Å²) < 4.78 is 32.8. The first-order valence-corrected chi connectivity index (χ1v) is 13.2. The van der Waals surface area contributed by atoms with E-state index in [2.05, 4.69) is 20.1 Å². The van der Waals surface area contributed by atoms with E-state index < -0.39 is 28.0 Å². The number of carbonyl (C=O) groups is 3. The number of rotatable bonds is 10. The van der Waals surface area contributed by atoms with Crippen LogP contribution in [0.3, 0.4) is 0 Å². The van der Waals surface area contributed by atoms with Crippen molar-refractivity contribution in [3.05, 3.63) is 83.9 Å². The van der Waals surface area contributed by atoms with Crippen molar-refractivity contribution in [3.63, 3.8) is 0 Å². The topological polar surface area (TPSA) is 151 Å². The van der Waals surface area contributed by atoms with Crippen LogP contribution in [-0.4, -0.2) is 50.7 Å². The Hall–Kier alpha value is -4.22. The highest BCUT2D eigenvalue weighted by atomic mass is 32.2. The average Bonchev–Trinajstić information content (AvgIpc) is 2.87. The van der Waals surface area contributed by atoms with Crippen LogP contribution in [0.5, 0.6) is 0 Å². The third-order valence-electron chi connectivity index (χ3n) is 5.44. The third-order valence-corrected chi connectivity index (χ3v) is 6.97. The lowest BCUT2D eigenvalue weighted by Crippen LogP contribution is -2.42. The van der Waals surface area contributed by atoms with Gasteiger partial charge in [-0.15, -0.1) is 0 Å². The van der Waals surface area contributed by atoms with E-state index in [9.17, 15) is 27.9 Å². The maximum absolute atomic E-state index is 13.0. The van der Waals surface area contributed by atoms with Gasteiger partial charge in [0.15, 0.2) is 0 Å². The Balaban J connectivity index is 1.76. The highest BCUT2D eigenvalue weighted by molar-refractivity contribution is 7.89. The number of esters is 1. The fraction of sp³-hybridized carbons (Fsp3) is 0.222. The molecule has 0 fully saturated rings. The summed E-state index contributed by atoms with van der Waals surface area (Å²) in [5, 5.41) is 15.2. The number of urea groups is 1. The highest BCUT2D eigenvalue weighted by Gasteiger charge is 2.29. The number of benzene rings is 3. The normalized spacial score (nSPS) is 12.0. The van der Waals surface area contributed by atoms with E-state index >= 15 is 0 Å². The number of sulfonamides is 1. The number of anilines is 1. The number of aliphatic carboxylic acids is 1. The van der Waals surface area contributed by atoms with Gasteiger partial charge in [0, 0.05) is 11.7 Å². The number of ether oxygens (including phenoxy) is 1. The molecule has 0 saturated carbocycles. The number of carbonyl (C=O) groups excluding carboxylic acids is 2. The van der Waals surface area contributed by atoms with Crippen LogP contribution in [0.2, 0.25) is 0 Å². The van der Waals surface area contributed by atoms with E-state index in [-0.39, 0.29) is 29.0 Å². The van der Waals surface area contributed by atoms with Crippen LogP contribution in [0.25, 0.3) is 11.1 Å². The summed E-state index contributed by atoms with van der Waals surface area (Å²) in [7, 11) is -3.23. The molecule has 0 saturated heterocycles. The van der Waals surface area contributed by atoms with Crippen molar-refractivity contribution < 1.29 is 32.6 Å². The van der Waals surface area contributed by atoms with Crippen LogP contribution >= 0.6 is 0 Å². The van der Waals surface area contributed by atoms with Gasteiger partial charge in [-0.05, 0) is 61.2 Å². The average molecular weight is 540 g/mol. The quantitative estimate of drug-likeness (QED) is 0.287. The molecule has 11 heteroatoms. The summed E-state index contributed by atoms with van der Waals surface area (Å²) in [5.41, 5.74) is 2.64. The van der Waals surface area contributed by atoms with Gasteiger partial charge in [-0.3, -0.25) is 4.79 Å². The Bertz CT molecular complexity index is 1420. The molecular formula is C27H29N3O7S. The van der Waals surface area contributed by atoms with Crippen molar-refractivity contribution in [1.82, 2.24) is 10.0 Å². The largest absolute Gasteiger partial charge is 0.480 e. The molecule has 0 aromatic heterocycles. The van der Waals surface area contributed by atoms with Gasteiger partial charge >= 0.3 is 18.0 Å². The maximum Gasteiger partial charge on any atom is 0.339 e. The molecule has 0 aliphatic heterocycles. The van der Waals surface area contributed by atoms with Gasteiger partial charge < -0.3 is 20.5 Å². The molecule has 0 radical (unpaired) electrons. The monoisotopic (exact) mass is 539 g/mol. The lowest BCUT2D eigenvalue weighted by molar-refractivity contribution is -0.138. The minimum atomic E-state index is -4.36. The molecule has 4 N–H and O–H groups in total. The Kier molecular flexibility index (Phi) is 9.21. The van der Waals surface area contributed by atoms with Gasteiger partial charge in [-0.25, -0.2) is 18.0 Å². The number of carboxylic acids is 1. The van der Waals surface area contributed by atoms with Crippen molar-refractivity contribution in [3.8, 4) is 11.1 Å². The van der Waals surface area contributed by atoms with Gasteiger partial charge in [-0.1, -0.05) is 48.5 Å². The molecule has 0 aliphatic rings. The number of methoxy groups -OCH3 is 1. The first kappa shape index (κ1) is 28.4. The van der Waals surface area contributed by atoms with Crippen molar-refractivity contribution in [2.24, 2.45) is 0 Å². The van der Waals surface area contributed by atoms with Gasteiger partial charge in [0.1, 0.15) is 6.04 Å². The van der Waals surface area contributed by atoms with Crippen LogP contribution in [0.15, 0.2) is 77.7 Å². The Morgan fingerprint density at radius 1 is 0.921 bits per heavy atom. The van der Waals surface area contributed by atoms with E-state index in [1.54, 1.807) is 36.4 Å². The molecule has 0 bridgehead atoms. The van der Waals surface area contributed by atoms with Crippen molar-refractivity contribution in [2.45, 2.75) is 37.2 Å². The van der Waals surface area contributed by atoms with E-state index in [0.29, 0.717) is 11.3 Å². The standard InChI is InChI=1S/C27H29N3O7S/c1-17(2)28-27(34)29-21-8-6-7-20(16-21)19-13-11-18(12-14-19)15-23(25(31)32)30-38(35,36)24-10-5-4-9-22(24)26(33)37-3/h4-14,16-17,23,30H,15H2,1-3H3,(H,31,32)(H2,28,29,34). The minimum Gasteiger partial charge on any atom is -0.480 e. The first-order chi connectivity index (χ1) is 18.0. The molecule has 0 spiro atoms. The molecule has 3 aromatic carbocycles. The predicted molar refractivity (Wildman–Crippen MR) is 142 cm³/mol. The van der Waals surface area contributed by atoms with Crippen LogP contribution in [0, 0.1) is 0 Å². The second kappa shape index (κ2) is 12.3. The van der Waals surface area contributed by atoms with E-state index in [1.165, 1.54) is 24.3 Å². The van der Waals surface area contributed by atoms with E-state index in [1.807, 2.05) is 26.0 Å². The van der Waals surface area contributed by atoms with Crippen molar-refractivity contribution in [2.75, 3.05) is 12.4 Å².